The molecule has 1 aromatic rings. The van der Waals surface area contributed by atoms with Gasteiger partial charge in [-0.1, -0.05) is 19.3 Å². The summed E-state index contributed by atoms with van der Waals surface area (Å²) in [5.74, 6) is 0.836. The van der Waals surface area contributed by atoms with Crippen LogP contribution in [0.3, 0.4) is 0 Å². The van der Waals surface area contributed by atoms with Crippen LogP contribution >= 0.6 is 9.39 Å². The van der Waals surface area contributed by atoms with E-state index in [0.717, 1.165) is 11.4 Å². The fourth-order valence-electron chi connectivity index (χ4n) is 0.968. The van der Waals surface area contributed by atoms with Gasteiger partial charge in [-0.05, 0) is 18.3 Å². The molecular weight excluding hydrogens is 196 g/mol. The Hall–Kier alpha value is 0.816. The van der Waals surface area contributed by atoms with Crippen molar-refractivity contribution >= 4 is 20.9 Å². The van der Waals surface area contributed by atoms with Crippen molar-refractivity contribution in [2.75, 3.05) is 7.05 Å². The van der Waals surface area contributed by atoms with E-state index in [-0.39, 0.29) is 51.4 Å². The van der Waals surface area contributed by atoms with E-state index in [1.165, 1.54) is 0 Å². The van der Waals surface area contributed by atoms with Crippen molar-refractivity contribution in [3.8, 4) is 0 Å². The predicted octanol–water partition coefficient (Wildman–Crippen LogP) is -0.847. The van der Waals surface area contributed by atoms with Crippen LogP contribution in [0.4, 0.5) is 5.82 Å². The summed E-state index contributed by atoms with van der Waals surface area (Å²) in [6, 6.07) is 1.89. The zero-order chi connectivity index (χ0) is 8.43. The first-order valence-corrected chi connectivity index (χ1v) is 3.80. The molecule has 0 saturated heterocycles. The van der Waals surface area contributed by atoms with Gasteiger partial charge in [0.05, 0.1) is 0 Å². The largest absolute Gasteiger partial charge is 1.00 e. The molecule has 0 radical (unpaired) electrons. The van der Waals surface area contributed by atoms with Crippen LogP contribution in [0.5, 0.6) is 0 Å². The van der Waals surface area contributed by atoms with Crippen LogP contribution in [0, 0.1) is 5.41 Å². The van der Waals surface area contributed by atoms with E-state index in [2.05, 4.69) is 14.7 Å². The van der Waals surface area contributed by atoms with Gasteiger partial charge in [0.15, 0.2) is 0 Å². The Labute approximate surface area is 117 Å². The third-order valence-electron chi connectivity index (χ3n) is 1.50. The topological polar surface area (TPSA) is 42.9 Å². The van der Waals surface area contributed by atoms with Gasteiger partial charge in [-0.25, -0.2) is 0 Å². The molecule has 0 fully saturated rings. The first-order valence-electron chi connectivity index (χ1n) is 3.28. The minimum absolute atomic E-state index is 0. The monoisotopic (exact) mass is 207 g/mol. The molecule has 60 valence electrons. The smallest absolute Gasteiger partial charge is 0.468 e. The first-order chi connectivity index (χ1) is 5.16. The fourth-order valence-corrected chi connectivity index (χ4v) is 1.31. The molecule has 0 spiro atoms. The van der Waals surface area contributed by atoms with Crippen LogP contribution in [0.25, 0.3) is 5.32 Å². The molecule has 0 aromatic carbocycles. The van der Waals surface area contributed by atoms with Crippen molar-refractivity contribution in [1.82, 2.24) is 4.34 Å². The van der Waals surface area contributed by atoms with E-state index in [1.807, 2.05) is 16.6 Å². The van der Waals surface area contributed by atoms with Gasteiger partial charge in [-0.3, -0.25) is 0 Å². The number of rotatable bonds is 2. The quantitative estimate of drug-likeness (QED) is 0.373. The molecule has 1 rings (SSSR count). The van der Waals surface area contributed by atoms with E-state index in [1.54, 1.807) is 14.0 Å². The number of nitrogens with zero attached hydrogens (tertiary/aromatic N) is 2. The Morgan fingerprint density at radius 3 is 2.58 bits per heavy atom. The van der Waals surface area contributed by atoms with E-state index >= 15 is 0 Å². The molecule has 0 aliphatic heterocycles. The maximum Gasteiger partial charge on any atom is 1.00 e. The van der Waals surface area contributed by atoms with Crippen LogP contribution in [0.15, 0.2) is 12.3 Å². The second-order valence-corrected chi connectivity index (χ2v) is 2.87. The Morgan fingerprint density at radius 2 is 2.25 bits per heavy atom. The maximum absolute atomic E-state index is 7.41. The van der Waals surface area contributed by atoms with Crippen molar-refractivity contribution < 1.29 is 51.4 Å². The summed E-state index contributed by atoms with van der Waals surface area (Å²) in [5, 5.41) is 11.5. The molecule has 0 bridgehead atoms. The Bertz CT molecular complexity index is 282. The van der Waals surface area contributed by atoms with Crippen LogP contribution in [-0.2, 0) is 0 Å². The molecule has 1 unspecified atom stereocenters. The van der Waals surface area contributed by atoms with Crippen LogP contribution < -0.4 is 51.4 Å². The molecule has 1 atom stereocenters. The van der Waals surface area contributed by atoms with E-state index in [4.69, 9.17) is 5.41 Å². The standard InChI is InChI=1S/C7H11N3P.K/c1-5(8)6-3-4-10(11)7(6)9-2;/h3-4,8H,11H2,1-2H3;/q-1;+1. The van der Waals surface area contributed by atoms with Crippen molar-refractivity contribution in [3.05, 3.63) is 23.1 Å². The SMILES string of the molecule is C[N-]c1c(C(C)=N)ccn1P.[K+]. The molecule has 5 heteroatoms. The average molecular weight is 207 g/mol. The van der Waals surface area contributed by atoms with E-state index in [9.17, 15) is 0 Å². The Morgan fingerprint density at radius 1 is 1.67 bits per heavy atom. The van der Waals surface area contributed by atoms with Crippen LogP contribution in [-0.4, -0.2) is 17.1 Å². The van der Waals surface area contributed by atoms with E-state index < -0.39 is 0 Å². The van der Waals surface area contributed by atoms with Gasteiger partial charge in [0.25, 0.3) is 0 Å². The number of nitrogens with one attached hydrogen (secondary N) is 1. The summed E-state index contributed by atoms with van der Waals surface area (Å²) in [7, 11) is 4.25. The molecule has 1 N–H and O–H groups in total. The molecule has 0 aliphatic carbocycles. The Kier molecular flexibility index (Phi) is 5.90. The van der Waals surface area contributed by atoms with Gasteiger partial charge in [-0.15, -0.1) is 9.39 Å². The predicted molar refractivity (Wildman–Crippen MR) is 51.0 cm³/mol. The van der Waals surface area contributed by atoms with Gasteiger partial charge in [0.1, 0.15) is 0 Å². The molecule has 1 heterocycles. The van der Waals surface area contributed by atoms with Crippen molar-refractivity contribution in [2.24, 2.45) is 0 Å². The number of hydrogen-bond donors (Lipinski definition) is 1. The second kappa shape index (κ2) is 5.53. The summed E-state index contributed by atoms with van der Waals surface area (Å²) >= 11 is 0. The van der Waals surface area contributed by atoms with Gasteiger partial charge in [-0.2, -0.15) is 0 Å². The molecule has 12 heavy (non-hydrogen) atoms. The Balaban J connectivity index is 0.00000121. The third-order valence-corrected chi connectivity index (χ3v) is 1.92. The number of aromatic nitrogens is 1. The van der Waals surface area contributed by atoms with E-state index in [0.29, 0.717) is 5.71 Å². The van der Waals surface area contributed by atoms with Crippen molar-refractivity contribution in [1.29, 1.82) is 5.41 Å². The molecule has 0 amide bonds. The molecule has 0 aliphatic rings. The zero-order valence-corrected chi connectivity index (χ0v) is 11.9. The van der Waals surface area contributed by atoms with Crippen LogP contribution in [0.2, 0.25) is 0 Å². The summed E-state index contributed by atoms with van der Waals surface area (Å²) in [6.07, 6.45) is 1.88. The minimum atomic E-state index is 0. The summed E-state index contributed by atoms with van der Waals surface area (Å²) in [6.45, 7) is 1.76. The zero-order valence-electron chi connectivity index (χ0n) is 7.63. The average Bonchev–Trinajstić information content (AvgIpc) is 2.30. The van der Waals surface area contributed by atoms with Gasteiger partial charge < -0.3 is 15.1 Å². The molecule has 3 nitrogen and oxygen atoms in total. The van der Waals surface area contributed by atoms with Gasteiger partial charge >= 0.3 is 51.4 Å². The summed E-state index contributed by atoms with van der Waals surface area (Å²) in [5.41, 5.74) is 1.44. The third kappa shape index (κ3) is 2.65. The minimum Gasteiger partial charge on any atom is -0.468 e. The number of hydrogen-bond acceptors (Lipinski definition) is 1. The normalized spacial score (nSPS) is 8.92. The van der Waals surface area contributed by atoms with Gasteiger partial charge in [0.2, 0.25) is 0 Å². The van der Waals surface area contributed by atoms with Crippen molar-refractivity contribution in [2.45, 2.75) is 6.92 Å². The van der Waals surface area contributed by atoms with Crippen LogP contribution in [0.1, 0.15) is 12.5 Å². The summed E-state index contributed by atoms with van der Waals surface area (Å²) < 4.78 is 1.83. The van der Waals surface area contributed by atoms with Crippen molar-refractivity contribution in [3.63, 3.8) is 0 Å². The molecular formula is C7H11KN3P. The maximum atomic E-state index is 7.41. The van der Waals surface area contributed by atoms with Gasteiger partial charge in [0, 0.05) is 5.71 Å². The first kappa shape index (κ1) is 12.8. The summed E-state index contributed by atoms with van der Waals surface area (Å²) in [4.78, 5) is 0. The molecule has 0 saturated carbocycles. The molecule has 1 aromatic heterocycles. The second-order valence-electron chi connectivity index (χ2n) is 2.31. The fraction of sp³-hybridized carbons (Fsp3) is 0.286.